The molecule has 0 radical (unpaired) electrons. The normalized spacial score (nSPS) is 18.8. The molecule has 1 unspecified atom stereocenters. The summed E-state index contributed by atoms with van der Waals surface area (Å²) in [5, 5.41) is 21.7. The van der Waals surface area contributed by atoms with Crippen molar-refractivity contribution in [2.45, 2.75) is 33.8 Å². The Labute approximate surface area is 113 Å². The van der Waals surface area contributed by atoms with Crippen molar-refractivity contribution in [1.29, 1.82) is 5.26 Å². The summed E-state index contributed by atoms with van der Waals surface area (Å²) in [6, 6.07) is 1.87. The van der Waals surface area contributed by atoms with Gasteiger partial charge in [-0.3, -0.25) is 0 Å². The number of β-amino-alcohol motifs (C(OH)–C–C–N with tert-alkyl or cyclic N) is 1. The molecular weight excluding hydrogens is 246 g/mol. The van der Waals surface area contributed by atoms with Crippen LogP contribution in [0.25, 0.3) is 0 Å². The van der Waals surface area contributed by atoms with Gasteiger partial charge in [-0.25, -0.2) is 4.79 Å². The highest BCUT2D eigenvalue weighted by Crippen LogP contribution is 2.25. The van der Waals surface area contributed by atoms with E-state index in [-0.39, 0.29) is 12.2 Å². The molecule has 6 heteroatoms. The number of carbonyl (C=O) groups is 1. The lowest BCUT2D eigenvalue weighted by atomic mass is 10.2. The van der Waals surface area contributed by atoms with Gasteiger partial charge in [0.25, 0.3) is 0 Å². The van der Waals surface area contributed by atoms with Crippen molar-refractivity contribution in [3.63, 3.8) is 0 Å². The summed E-state index contributed by atoms with van der Waals surface area (Å²) < 4.78 is 4.86. The van der Waals surface area contributed by atoms with Crippen molar-refractivity contribution in [1.82, 2.24) is 10.2 Å². The Kier molecular flexibility index (Phi) is 4.95. The maximum atomic E-state index is 11.8. The van der Waals surface area contributed by atoms with Crippen LogP contribution in [0.15, 0.2) is 22.8 Å². The van der Waals surface area contributed by atoms with Gasteiger partial charge in [-0.05, 0) is 27.7 Å². The summed E-state index contributed by atoms with van der Waals surface area (Å²) in [7, 11) is 0. The summed E-state index contributed by atoms with van der Waals surface area (Å²) in [6.07, 6.45) is -0.584. The van der Waals surface area contributed by atoms with Crippen LogP contribution in [0.3, 0.4) is 0 Å². The molecule has 0 amide bonds. The highest BCUT2D eigenvalue weighted by atomic mass is 16.5. The Hall–Kier alpha value is -2.00. The molecule has 104 valence electrons. The van der Waals surface area contributed by atoms with Crippen molar-refractivity contribution >= 4 is 5.97 Å². The van der Waals surface area contributed by atoms with Gasteiger partial charge in [0.1, 0.15) is 11.9 Å². The largest absolute Gasteiger partial charge is 0.462 e. The molecule has 0 saturated heterocycles. The number of aliphatic hydroxyl groups excluding tert-OH is 1. The molecule has 0 spiro atoms. The molecule has 0 aliphatic carbocycles. The number of rotatable bonds is 4. The maximum absolute atomic E-state index is 11.8. The van der Waals surface area contributed by atoms with Gasteiger partial charge in [-0.15, -0.1) is 0 Å². The van der Waals surface area contributed by atoms with Crippen molar-refractivity contribution in [2.75, 3.05) is 13.2 Å². The zero-order valence-electron chi connectivity index (χ0n) is 11.6. The number of nitriles is 1. The Balaban J connectivity index is 3.16. The van der Waals surface area contributed by atoms with E-state index in [0.717, 1.165) is 11.4 Å². The van der Waals surface area contributed by atoms with Crippen LogP contribution in [0.1, 0.15) is 27.7 Å². The molecule has 0 aromatic rings. The fraction of sp³-hybridized carbons (Fsp3) is 0.538. The van der Waals surface area contributed by atoms with Gasteiger partial charge in [0.15, 0.2) is 5.57 Å². The summed E-state index contributed by atoms with van der Waals surface area (Å²) in [5.41, 5.74) is 1.62. The Morgan fingerprint density at radius 3 is 2.68 bits per heavy atom. The van der Waals surface area contributed by atoms with E-state index in [9.17, 15) is 9.90 Å². The maximum Gasteiger partial charge on any atom is 0.352 e. The van der Waals surface area contributed by atoms with Crippen LogP contribution in [0.2, 0.25) is 0 Å². The lowest BCUT2D eigenvalue weighted by Crippen LogP contribution is -2.31. The molecule has 1 heterocycles. The molecule has 19 heavy (non-hydrogen) atoms. The van der Waals surface area contributed by atoms with E-state index in [1.54, 1.807) is 18.7 Å². The third kappa shape index (κ3) is 3.26. The monoisotopic (exact) mass is 265 g/mol. The van der Waals surface area contributed by atoms with Gasteiger partial charge in [-0.1, -0.05) is 0 Å². The summed E-state index contributed by atoms with van der Waals surface area (Å²) in [4.78, 5) is 13.5. The lowest BCUT2D eigenvalue weighted by molar-refractivity contribution is -0.138. The van der Waals surface area contributed by atoms with E-state index < -0.39 is 12.1 Å². The van der Waals surface area contributed by atoms with E-state index in [1.165, 1.54) is 0 Å². The van der Waals surface area contributed by atoms with E-state index in [0.29, 0.717) is 12.4 Å². The van der Waals surface area contributed by atoms with Crippen molar-refractivity contribution in [2.24, 2.45) is 0 Å². The first-order valence-corrected chi connectivity index (χ1v) is 6.13. The topological polar surface area (TPSA) is 85.6 Å². The van der Waals surface area contributed by atoms with Crippen LogP contribution in [0, 0.1) is 11.3 Å². The molecule has 0 saturated carbocycles. The van der Waals surface area contributed by atoms with E-state index >= 15 is 0 Å². The number of nitrogens with zero attached hydrogens (tertiary/aromatic N) is 2. The second-order valence-electron chi connectivity index (χ2n) is 4.35. The van der Waals surface area contributed by atoms with Crippen molar-refractivity contribution < 1.29 is 14.6 Å². The van der Waals surface area contributed by atoms with Crippen LogP contribution < -0.4 is 5.32 Å². The van der Waals surface area contributed by atoms with Crippen LogP contribution in [-0.2, 0) is 9.53 Å². The van der Waals surface area contributed by atoms with Crippen LogP contribution in [-0.4, -0.2) is 35.2 Å². The van der Waals surface area contributed by atoms with E-state index in [4.69, 9.17) is 10.00 Å². The van der Waals surface area contributed by atoms with Crippen LogP contribution >= 0.6 is 0 Å². The third-order valence-corrected chi connectivity index (χ3v) is 2.80. The van der Waals surface area contributed by atoms with Gasteiger partial charge in [0.2, 0.25) is 0 Å². The smallest absolute Gasteiger partial charge is 0.352 e. The van der Waals surface area contributed by atoms with Crippen LogP contribution in [0.4, 0.5) is 0 Å². The minimum atomic E-state index is -0.661. The van der Waals surface area contributed by atoms with Gasteiger partial charge < -0.3 is 20.1 Å². The zero-order chi connectivity index (χ0) is 14.6. The molecule has 1 atom stereocenters. The SMILES string of the molecule is CCOC(=O)/C(C#N)=C1\NC(C)=C(C)N1CC(C)O. The Bertz CT molecular complexity index is 472. The predicted octanol–water partition coefficient (Wildman–Crippen LogP) is 0.822. The standard InChI is InChI=1S/C13H19N3O3/c1-5-19-13(18)11(6-14)12-15-9(3)10(4)16(12)7-8(2)17/h8,15,17H,5,7H2,1-4H3/b12-11+. The van der Waals surface area contributed by atoms with Crippen molar-refractivity contribution in [3.8, 4) is 6.07 Å². The quantitative estimate of drug-likeness (QED) is 0.445. The number of esters is 1. The fourth-order valence-corrected chi connectivity index (χ4v) is 1.79. The number of allylic oxidation sites excluding steroid dienone is 2. The highest BCUT2D eigenvalue weighted by molar-refractivity contribution is 5.93. The molecular formula is C13H19N3O3. The fourth-order valence-electron chi connectivity index (χ4n) is 1.79. The average Bonchev–Trinajstić information content (AvgIpc) is 2.58. The minimum Gasteiger partial charge on any atom is -0.462 e. The highest BCUT2D eigenvalue weighted by Gasteiger charge is 2.29. The molecule has 0 aromatic heterocycles. The Morgan fingerprint density at radius 2 is 2.21 bits per heavy atom. The molecule has 1 rings (SSSR count). The zero-order valence-corrected chi connectivity index (χ0v) is 11.6. The van der Waals surface area contributed by atoms with Gasteiger partial charge in [0.05, 0.1) is 19.3 Å². The summed E-state index contributed by atoms with van der Waals surface area (Å²) >= 11 is 0. The summed E-state index contributed by atoms with van der Waals surface area (Å²) in [5.74, 6) is -0.289. The number of aliphatic hydroxyl groups is 1. The molecule has 0 bridgehead atoms. The first-order chi connectivity index (χ1) is 8.92. The molecule has 0 fully saturated rings. The number of ether oxygens (including phenoxy) is 1. The second-order valence-corrected chi connectivity index (χ2v) is 4.35. The molecule has 1 aliphatic heterocycles. The number of hydrogen-bond acceptors (Lipinski definition) is 6. The number of hydrogen-bond donors (Lipinski definition) is 2. The molecule has 6 nitrogen and oxygen atoms in total. The first kappa shape index (κ1) is 15.1. The van der Waals surface area contributed by atoms with Gasteiger partial charge in [-0.2, -0.15) is 5.26 Å². The summed E-state index contributed by atoms with van der Waals surface area (Å²) in [6.45, 7) is 7.54. The van der Waals surface area contributed by atoms with E-state index in [1.807, 2.05) is 19.9 Å². The number of nitrogens with one attached hydrogen (secondary N) is 1. The first-order valence-electron chi connectivity index (χ1n) is 6.13. The van der Waals surface area contributed by atoms with Gasteiger partial charge >= 0.3 is 5.97 Å². The van der Waals surface area contributed by atoms with Crippen molar-refractivity contribution in [3.05, 3.63) is 22.8 Å². The number of carbonyl (C=O) groups excluding carboxylic acids is 1. The minimum absolute atomic E-state index is 0.0845. The third-order valence-electron chi connectivity index (χ3n) is 2.80. The molecule has 1 aliphatic rings. The molecule has 2 N–H and O–H groups in total. The second kappa shape index (κ2) is 6.25. The van der Waals surface area contributed by atoms with E-state index in [2.05, 4.69) is 5.32 Å². The van der Waals surface area contributed by atoms with Gasteiger partial charge in [0, 0.05) is 11.4 Å². The lowest BCUT2D eigenvalue weighted by Gasteiger charge is -2.23. The Morgan fingerprint density at radius 1 is 1.58 bits per heavy atom. The average molecular weight is 265 g/mol. The predicted molar refractivity (Wildman–Crippen MR) is 69.2 cm³/mol. The van der Waals surface area contributed by atoms with Crippen LogP contribution in [0.5, 0.6) is 0 Å². The molecule has 0 aromatic carbocycles.